The predicted octanol–water partition coefficient (Wildman–Crippen LogP) is 2.16. The molecule has 6 heteroatoms. The Balaban J connectivity index is 0.000000437. The van der Waals surface area contributed by atoms with Gasteiger partial charge in [0.05, 0.1) is 10.1 Å². The molecule has 88 valence electrons. The van der Waals surface area contributed by atoms with Crippen LogP contribution >= 0.6 is 12.2 Å². The highest BCUT2D eigenvalue weighted by Gasteiger charge is 2.10. The third-order valence-electron chi connectivity index (χ3n) is 2.06. The molecule has 2 aromatic rings. The van der Waals surface area contributed by atoms with Crippen LogP contribution in [0.25, 0.3) is 10.8 Å². The van der Waals surface area contributed by atoms with Crippen LogP contribution in [-0.2, 0) is 10.0 Å². The molecule has 0 saturated heterocycles. The maximum Gasteiger partial charge on any atom is 0.238 e. The van der Waals surface area contributed by atoms with Crippen molar-refractivity contribution in [2.75, 3.05) is 0 Å². The monoisotopic (exact) mass is 266 g/mol. The Kier molecular flexibility index (Phi) is 4.48. The molecule has 0 spiro atoms. The molecule has 0 amide bonds. The van der Waals surface area contributed by atoms with Gasteiger partial charge in [-0.15, -0.1) is 0 Å². The molecule has 0 aliphatic rings. The van der Waals surface area contributed by atoms with E-state index in [1.54, 1.807) is 23.4 Å². The van der Waals surface area contributed by atoms with Crippen LogP contribution in [0.5, 0.6) is 0 Å². The van der Waals surface area contributed by atoms with Crippen molar-refractivity contribution in [2.45, 2.75) is 4.90 Å². The SMILES string of the molecule is N=C=S.NS(=O)(=O)c1cccc2ccccc12. The summed E-state index contributed by atoms with van der Waals surface area (Å²) in [7, 11) is -3.63. The molecule has 2 aromatic carbocycles. The van der Waals surface area contributed by atoms with Crippen molar-refractivity contribution in [3.05, 3.63) is 42.5 Å². The Bertz CT molecular complexity index is 655. The van der Waals surface area contributed by atoms with Gasteiger partial charge in [0.15, 0.2) is 0 Å². The van der Waals surface area contributed by atoms with Gasteiger partial charge < -0.3 is 0 Å². The van der Waals surface area contributed by atoms with Crippen LogP contribution in [0.15, 0.2) is 47.4 Å². The number of rotatable bonds is 1. The fourth-order valence-electron chi connectivity index (χ4n) is 1.44. The van der Waals surface area contributed by atoms with Crippen molar-refractivity contribution in [1.29, 1.82) is 5.41 Å². The minimum Gasteiger partial charge on any atom is -0.248 e. The van der Waals surface area contributed by atoms with Crippen LogP contribution in [0.4, 0.5) is 0 Å². The molecule has 0 aliphatic carbocycles. The van der Waals surface area contributed by atoms with Crippen molar-refractivity contribution in [1.82, 2.24) is 0 Å². The summed E-state index contributed by atoms with van der Waals surface area (Å²) in [5.41, 5.74) is 0. The summed E-state index contributed by atoms with van der Waals surface area (Å²) in [6.45, 7) is 0. The third-order valence-corrected chi connectivity index (χ3v) is 3.03. The quantitative estimate of drug-likeness (QED) is 0.612. The number of nitrogens with one attached hydrogen (secondary N) is 1. The van der Waals surface area contributed by atoms with Gasteiger partial charge in [0, 0.05) is 5.39 Å². The molecular weight excluding hydrogens is 256 g/mol. The van der Waals surface area contributed by atoms with Crippen LogP contribution in [0, 0.1) is 5.41 Å². The summed E-state index contributed by atoms with van der Waals surface area (Å²) in [5, 5.41) is 14.0. The van der Waals surface area contributed by atoms with Gasteiger partial charge in [0.1, 0.15) is 0 Å². The van der Waals surface area contributed by atoms with Crippen molar-refractivity contribution in [3.63, 3.8) is 0 Å². The second-order valence-electron chi connectivity index (χ2n) is 3.12. The largest absolute Gasteiger partial charge is 0.248 e. The molecular formula is C11H10N2O2S2. The number of benzene rings is 2. The second-order valence-corrected chi connectivity index (χ2v) is 4.86. The van der Waals surface area contributed by atoms with Crippen LogP contribution in [0.2, 0.25) is 0 Å². The van der Waals surface area contributed by atoms with E-state index in [9.17, 15) is 8.42 Å². The van der Waals surface area contributed by atoms with Crippen LogP contribution in [0.1, 0.15) is 0 Å². The van der Waals surface area contributed by atoms with Gasteiger partial charge in [-0.05, 0) is 23.7 Å². The fraction of sp³-hybridized carbons (Fsp3) is 0. The fourth-order valence-corrected chi connectivity index (χ4v) is 2.20. The van der Waals surface area contributed by atoms with Gasteiger partial charge in [-0.25, -0.2) is 19.0 Å². The average molecular weight is 266 g/mol. The van der Waals surface area contributed by atoms with E-state index < -0.39 is 10.0 Å². The predicted molar refractivity (Wildman–Crippen MR) is 70.6 cm³/mol. The summed E-state index contributed by atoms with van der Waals surface area (Å²) in [4.78, 5) is 0.176. The Labute approximate surface area is 105 Å². The van der Waals surface area contributed by atoms with E-state index in [2.05, 4.69) is 12.2 Å². The molecule has 17 heavy (non-hydrogen) atoms. The summed E-state index contributed by atoms with van der Waals surface area (Å²) in [6.07, 6.45) is 0. The van der Waals surface area contributed by atoms with Crippen LogP contribution in [0.3, 0.4) is 0 Å². The number of hydrogen-bond donors (Lipinski definition) is 2. The van der Waals surface area contributed by atoms with Gasteiger partial charge in [-0.1, -0.05) is 36.4 Å². The molecule has 0 atom stereocenters. The molecule has 0 heterocycles. The first-order valence-electron chi connectivity index (χ1n) is 4.55. The number of fused-ring (bicyclic) bond motifs is 1. The summed E-state index contributed by atoms with van der Waals surface area (Å²) >= 11 is 3.81. The summed E-state index contributed by atoms with van der Waals surface area (Å²) < 4.78 is 22.4. The molecule has 0 fully saturated rings. The minimum absolute atomic E-state index is 0.176. The zero-order valence-corrected chi connectivity index (χ0v) is 10.4. The number of isothiocyanates is 1. The van der Waals surface area contributed by atoms with E-state index in [-0.39, 0.29) is 4.90 Å². The zero-order valence-electron chi connectivity index (χ0n) is 8.75. The Hall–Kier alpha value is -1.59. The van der Waals surface area contributed by atoms with E-state index in [4.69, 9.17) is 10.5 Å². The van der Waals surface area contributed by atoms with Crippen molar-refractivity contribution in [2.24, 2.45) is 5.14 Å². The first-order valence-corrected chi connectivity index (χ1v) is 6.50. The zero-order chi connectivity index (χ0) is 12.9. The maximum absolute atomic E-state index is 11.2. The lowest BCUT2D eigenvalue weighted by molar-refractivity contribution is 0.598. The van der Waals surface area contributed by atoms with Crippen molar-refractivity contribution in [3.8, 4) is 0 Å². The first kappa shape index (κ1) is 13.5. The third kappa shape index (κ3) is 3.44. The van der Waals surface area contributed by atoms with E-state index >= 15 is 0 Å². The molecule has 4 nitrogen and oxygen atoms in total. The van der Waals surface area contributed by atoms with Crippen molar-refractivity contribution < 1.29 is 8.42 Å². The van der Waals surface area contributed by atoms with E-state index in [1.807, 2.05) is 18.2 Å². The lowest BCUT2D eigenvalue weighted by Crippen LogP contribution is -2.12. The number of thiocarbonyl (C=S) groups is 1. The molecule has 0 aliphatic heterocycles. The van der Waals surface area contributed by atoms with E-state index in [0.29, 0.717) is 5.39 Å². The molecule has 0 bridgehead atoms. The Morgan fingerprint density at radius 2 is 1.65 bits per heavy atom. The molecule has 2 rings (SSSR count). The molecule has 0 aromatic heterocycles. The standard InChI is InChI=1S/C10H9NO2S.CHNS/c11-14(12,13)10-7-3-5-8-4-1-2-6-9(8)10;2-1-3/h1-7H,(H2,11,12,13);2H. The number of hydrogen-bond acceptors (Lipinski definition) is 4. The molecule has 3 N–H and O–H groups in total. The lowest BCUT2D eigenvalue weighted by atomic mass is 10.1. The lowest BCUT2D eigenvalue weighted by Gasteiger charge is -2.02. The van der Waals surface area contributed by atoms with Gasteiger partial charge in [-0.3, -0.25) is 0 Å². The maximum atomic E-state index is 11.2. The number of nitrogens with two attached hydrogens (primary N) is 1. The normalized spacial score (nSPS) is 10.2. The number of sulfonamides is 1. The highest BCUT2D eigenvalue weighted by atomic mass is 32.2. The second kappa shape index (κ2) is 5.65. The summed E-state index contributed by atoms with van der Waals surface area (Å²) in [6, 6.07) is 12.3. The van der Waals surface area contributed by atoms with Gasteiger partial charge in [-0.2, -0.15) is 0 Å². The topological polar surface area (TPSA) is 84.0 Å². The Morgan fingerprint density at radius 1 is 1.12 bits per heavy atom. The van der Waals surface area contributed by atoms with E-state index in [0.717, 1.165) is 5.39 Å². The van der Waals surface area contributed by atoms with E-state index in [1.165, 1.54) is 6.07 Å². The highest BCUT2D eigenvalue weighted by molar-refractivity contribution is 7.89. The van der Waals surface area contributed by atoms with Crippen molar-refractivity contribution >= 4 is 38.2 Å². The minimum atomic E-state index is -3.63. The number of primary sulfonamides is 1. The average Bonchev–Trinajstić information content (AvgIpc) is 2.28. The first-order chi connectivity index (χ1) is 8.00. The van der Waals surface area contributed by atoms with Crippen LogP contribution < -0.4 is 5.14 Å². The molecule has 0 saturated carbocycles. The van der Waals surface area contributed by atoms with Crippen LogP contribution in [-0.4, -0.2) is 13.6 Å². The Morgan fingerprint density at radius 3 is 2.24 bits per heavy atom. The summed E-state index contributed by atoms with van der Waals surface area (Å²) in [5.74, 6) is 0. The highest BCUT2D eigenvalue weighted by Crippen LogP contribution is 2.21. The van der Waals surface area contributed by atoms with Gasteiger partial charge in [0.2, 0.25) is 10.0 Å². The molecule has 0 unspecified atom stereocenters. The van der Waals surface area contributed by atoms with Gasteiger partial charge >= 0.3 is 0 Å². The smallest absolute Gasteiger partial charge is 0.238 e. The van der Waals surface area contributed by atoms with Gasteiger partial charge in [0.25, 0.3) is 0 Å². The molecule has 0 radical (unpaired) electrons.